The molecule has 25 heavy (non-hydrogen) atoms. The number of rotatable bonds is 6. The summed E-state index contributed by atoms with van der Waals surface area (Å²) in [6.07, 6.45) is 15.5. The van der Waals surface area contributed by atoms with Gasteiger partial charge in [-0.25, -0.2) is 0 Å². The van der Waals surface area contributed by atoms with Crippen LogP contribution in [0.15, 0.2) is 12.3 Å². The monoisotopic (exact) mass is 350 g/mol. The van der Waals surface area contributed by atoms with Crippen LogP contribution in [0, 0.1) is 11.8 Å². The molecule has 0 spiro atoms. The summed E-state index contributed by atoms with van der Waals surface area (Å²) in [7, 11) is 0. The number of hydrogen-bond acceptors (Lipinski definition) is 2. The summed E-state index contributed by atoms with van der Waals surface area (Å²) in [6, 6.07) is 0. The van der Waals surface area contributed by atoms with E-state index in [0.29, 0.717) is 11.8 Å². The van der Waals surface area contributed by atoms with E-state index in [1.54, 1.807) is 0 Å². The van der Waals surface area contributed by atoms with Gasteiger partial charge in [0.15, 0.2) is 0 Å². The first-order valence-electron chi connectivity index (χ1n) is 10.7. The predicted octanol–water partition coefficient (Wildman–Crippen LogP) is 5.47. The van der Waals surface area contributed by atoms with Crippen molar-refractivity contribution in [3.8, 4) is 0 Å². The van der Waals surface area contributed by atoms with E-state index >= 15 is 0 Å². The second-order valence-corrected chi connectivity index (χ2v) is 8.48. The Balaban J connectivity index is 0.000000251. The number of allylic oxidation sites excluding steroid dienone is 1. The third-order valence-corrected chi connectivity index (χ3v) is 4.96. The first-order chi connectivity index (χ1) is 12.0. The fourth-order valence-electron chi connectivity index (χ4n) is 3.26. The van der Waals surface area contributed by atoms with E-state index in [1.807, 2.05) is 4.90 Å². The van der Waals surface area contributed by atoms with Crippen LogP contribution in [0.2, 0.25) is 0 Å². The highest BCUT2D eigenvalue weighted by Crippen LogP contribution is 2.12. The Labute approximate surface area is 156 Å². The molecule has 3 nitrogen and oxygen atoms in total. The van der Waals surface area contributed by atoms with Crippen molar-refractivity contribution in [2.75, 3.05) is 26.2 Å². The lowest BCUT2D eigenvalue weighted by Crippen LogP contribution is -2.35. The van der Waals surface area contributed by atoms with Crippen LogP contribution in [0.5, 0.6) is 0 Å². The summed E-state index contributed by atoms with van der Waals surface area (Å²) in [5.41, 5.74) is 0. The zero-order valence-electron chi connectivity index (χ0n) is 17.3. The fraction of sp³-hybridized carbons (Fsp3) is 0.864. The van der Waals surface area contributed by atoms with Gasteiger partial charge in [0, 0.05) is 32.6 Å². The summed E-state index contributed by atoms with van der Waals surface area (Å²) in [5.74, 6) is 1.81. The molecule has 2 aliphatic heterocycles. The molecular formula is C22H42N2O. The van der Waals surface area contributed by atoms with Gasteiger partial charge in [-0.1, -0.05) is 33.8 Å². The first-order valence-corrected chi connectivity index (χ1v) is 10.7. The van der Waals surface area contributed by atoms with Gasteiger partial charge >= 0.3 is 0 Å². The summed E-state index contributed by atoms with van der Waals surface area (Å²) < 4.78 is 0. The van der Waals surface area contributed by atoms with Crippen LogP contribution in [0.1, 0.15) is 85.5 Å². The van der Waals surface area contributed by atoms with Gasteiger partial charge in [0.2, 0.25) is 5.91 Å². The number of carbonyl (C=O) groups excluding carboxylic acids is 1. The SMILES string of the molecule is CC(C)C/C=C/N1CCCCC1.CC(C)CCC(=O)N1CCCCC1. The van der Waals surface area contributed by atoms with Crippen molar-refractivity contribution < 1.29 is 4.79 Å². The fourth-order valence-corrected chi connectivity index (χ4v) is 3.26. The molecule has 0 unspecified atom stereocenters. The van der Waals surface area contributed by atoms with E-state index in [2.05, 4.69) is 44.9 Å². The van der Waals surface area contributed by atoms with Crippen molar-refractivity contribution in [1.29, 1.82) is 0 Å². The molecule has 0 saturated carbocycles. The van der Waals surface area contributed by atoms with E-state index in [9.17, 15) is 4.79 Å². The largest absolute Gasteiger partial charge is 0.378 e. The van der Waals surface area contributed by atoms with Gasteiger partial charge in [-0.2, -0.15) is 0 Å². The maximum Gasteiger partial charge on any atom is 0.222 e. The molecule has 0 radical (unpaired) electrons. The number of piperidine rings is 2. The van der Waals surface area contributed by atoms with Crippen LogP contribution in [-0.4, -0.2) is 41.9 Å². The average molecular weight is 351 g/mol. The van der Waals surface area contributed by atoms with Crippen molar-refractivity contribution in [2.45, 2.75) is 85.5 Å². The average Bonchev–Trinajstić information content (AvgIpc) is 2.61. The van der Waals surface area contributed by atoms with Crippen LogP contribution in [0.4, 0.5) is 0 Å². The highest BCUT2D eigenvalue weighted by Gasteiger charge is 2.15. The Morgan fingerprint density at radius 3 is 1.92 bits per heavy atom. The summed E-state index contributed by atoms with van der Waals surface area (Å²) >= 11 is 0. The summed E-state index contributed by atoms with van der Waals surface area (Å²) in [5, 5.41) is 0. The molecule has 146 valence electrons. The maximum atomic E-state index is 11.6. The Kier molecular flexibility index (Phi) is 11.7. The molecule has 2 aliphatic rings. The highest BCUT2D eigenvalue weighted by atomic mass is 16.2. The van der Waals surface area contributed by atoms with Crippen molar-refractivity contribution >= 4 is 5.91 Å². The Morgan fingerprint density at radius 2 is 1.40 bits per heavy atom. The number of likely N-dealkylation sites (tertiary alicyclic amines) is 2. The van der Waals surface area contributed by atoms with E-state index < -0.39 is 0 Å². The molecule has 0 bridgehead atoms. The van der Waals surface area contributed by atoms with E-state index in [1.165, 1.54) is 58.0 Å². The van der Waals surface area contributed by atoms with Crippen molar-refractivity contribution in [1.82, 2.24) is 9.80 Å². The highest BCUT2D eigenvalue weighted by molar-refractivity contribution is 5.76. The minimum atomic E-state index is 0.369. The molecule has 0 aliphatic carbocycles. The van der Waals surface area contributed by atoms with Gasteiger partial charge in [0.1, 0.15) is 0 Å². The van der Waals surface area contributed by atoms with Crippen molar-refractivity contribution in [3.63, 3.8) is 0 Å². The smallest absolute Gasteiger partial charge is 0.222 e. The second-order valence-electron chi connectivity index (χ2n) is 8.48. The summed E-state index contributed by atoms with van der Waals surface area (Å²) in [4.78, 5) is 16.1. The van der Waals surface area contributed by atoms with Crippen LogP contribution < -0.4 is 0 Å². The van der Waals surface area contributed by atoms with Gasteiger partial charge in [0.25, 0.3) is 0 Å². The molecular weight excluding hydrogens is 308 g/mol. The third-order valence-electron chi connectivity index (χ3n) is 4.96. The van der Waals surface area contributed by atoms with Crippen LogP contribution in [0.25, 0.3) is 0 Å². The molecule has 2 saturated heterocycles. The lowest BCUT2D eigenvalue weighted by Gasteiger charge is -2.26. The summed E-state index contributed by atoms with van der Waals surface area (Å²) in [6.45, 7) is 13.4. The Morgan fingerprint density at radius 1 is 0.840 bits per heavy atom. The minimum absolute atomic E-state index is 0.369. The molecule has 0 aromatic rings. The molecule has 0 N–H and O–H groups in total. The molecule has 2 fully saturated rings. The zero-order chi connectivity index (χ0) is 18.5. The minimum Gasteiger partial charge on any atom is -0.378 e. The van der Waals surface area contributed by atoms with Gasteiger partial charge in [0.05, 0.1) is 0 Å². The molecule has 0 aromatic carbocycles. The Hall–Kier alpha value is -0.990. The van der Waals surface area contributed by atoms with E-state index in [0.717, 1.165) is 31.8 Å². The lowest BCUT2D eigenvalue weighted by molar-refractivity contribution is -0.132. The first kappa shape index (κ1) is 22.1. The molecule has 0 aromatic heterocycles. The molecule has 2 rings (SSSR count). The van der Waals surface area contributed by atoms with E-state index in [-0.39, 0.29) is 0 Å². The van der Waals surface area contributed by atoms with Crippen molar-refractivity contribution in [2.24, 2.45) is 11.8 Å². The third kappa shape index (κ3) is 11.3. The van der Waals surface area contributed by atoms with Gasteiger partial charge < -0.3 is 9.80 Å². The molecule has 0 atom stereocenters. The standard InChI is InChI=1S/C11H21NO.C11H21N/c1-10(2)6-7-11(13)12-8-4-3-5-9-12;1-11(2)7-6-10-12-8-4-3-5-9-12/h10H,3-9H2,1-2H3;6,10-11H,3-5,7-9H2,1-2H3/b;10-6+. The predicted molar refractivity (Wildman–Crippen MR) is 109 cm³/mol. The topological polar surface area (TPSA) is 23.6 Å². The van der Waals surface area contributed by atoms with Gasteiger partial charge in [-0.05, 0) is 69.4 Å². The number of hydrogen-bond donors (Lipinski definition) is 0. The molecule has 1 amide bonds. The molecule has 2 heterocycles. The van der Waals surface area contributed by atoms with Crippen LogP contribution >= 0.6 is 0 Å². The van der Waals surface area contributed by atoms with Gasteiger partial charge in [-0.3, -0.25) is 4.79 Å². The van der Waals surface area contributed by atoms with Crippen molar-refractivity contribution in [3.05, 3.63) is 12.3 Å². The molecule has 3 heteroatoms. The number of nitrogens with zero attached hydrogens (tertiary/aromatic N) is 2. The van der Waals surface area contributed by atoms with Gasteiger partial charge in [-0.15, -0.1) is 0 Å². The number of carbonyl (C=O) groups is 1. The zero-order valence-corrected chi connectivity index (χ0v) is 17.3. The normalized spacial score (nSPS) is 18.6. The van der Waals surface area contributed by atoms with Crippen LogP contribution in [-0.2, 0) is 4.79 Å². The quantitative estimate of drug-likeness (QED) is 0.634. The van der Waals surface area contributed by atoms with Crippen LogP contribution in [0.3, 0.4) is 0 Å². The van der Waals surface area contributed by atoms with E-state index in [4.69, 9.17) is 0 Å². The lowest BCUT2D eigenvalue weighted by atomic mass is 10.1. The Bertz CT molecular complexity index is 364. The maximum absolute atomic E-state index is 11.6. The number of amides is 1. The second kappa shape index (κ2) is 13.2.